The molecule has 0 aliphatic heterocycles. The number of benzene rings is 1. The molecule has 0 saturated heterocycles. The van der Waals surface area contributed by atoms with Crippen molar-refractivity contribution in [3.05, 3.63) is 28.3 Å². The van der Waals surface area contributed by atoms with Crippen molar-refractivity contribution in [2.45, 2.75) is 25.8 Å². The first-order valence-electron chi connectivity index (χ1n) is 5.72. The van der Waals surface area contributed by atoms with E-state index in [4.69, 9.17) is 16.3 Å². The number of rotatable bonds is 5. The lowest BCUT2D eigenvalue weighted by Crippen LogP contribution is -2.25. The number of hydrogen-bond acceptors (Lipinski definition) is 3. The standard InChI is InChI=1S/C13H16ClNO2/c1-8-5-13(17-2)11(14)6-10(8)12(16)7-15-9-3-4-9/h5-6,9,15H,3-4,7H2,1-2H3. The van der Waals surface area contributed by atoms with Crippen LogP contribution in [0.15, 0.2) is 12.1 Å². The maximum absolute atomic E-state index is 12.0. The fraction of sp³-hybridized carbons (Fsp3) is 0.462. The van der Waals surface area contributed by atoms with Crippen LogP contribution in [0.3, 0.4) is 0 Å². The second-order valence-corrected chi connectivity index (χ2v) is 4.79. The predicted molar refractivity (Wildman–Crippen MR) is 68.1 cm³/mol. The summed E-state index contributed by atoms with van der Waals surface area (Å²) in [5.41, 5.74) is 1.57. The van der Waals surface area contributed by atoms with Crippen molar-refractivity contribution >= 4 is 17.4 Å². The van der Waals surface area contributed by atoms with Gasteiger partial charge in [-0.1, -0.05) is 11.6 Å². The summed E-state index contributed by atoms with van der Waals surface area (Å²) in [6, 6.07) is 4.02. The molecule has 1 aromatic rings. The van der Waals surface area contributed by atoms with Gasteiger partial charge >= 0.3 is 0 Å². The molecular formula is C13H16ClNO2. The molecule has 1 N–H and O–H groups in total. The Hall–Kier alpha value is -1.06. The molecule has 0 bridgehead atoms. The highest BCUT2D eigenvalue weighted by atomic mass is 35.5. The summed E-state index contributed by atoms with van der Waals surface area (Å²) in [5.74, 6) is 0.690. The average Bonchev–Trinajstić information content (AvgIpc) is 3.12. The summed E-state index contributed by atoms with van der Waals surface area (Å²) in [6.45, 7) is 2.28. The normalized spacial score (nSPS) is 14.8. The Morgan fingerprint density at radius 1 is 1.53 bits per heavy atom. The molecule has 17 heavy (non-hydrogen) atoms. The van der Waals surface area contributed by atoms with Gasteiger partial charge < -0.3 is 10.1 Å². The smallest absolute Gasteiger partial charge is 0.176 e. The molecule has 2 rings (SSSR count). The molecule has 4 heteroatoms. The first-order valence-corrected chi connectivity index (χ1v) is 6.10. The van der Waals surface area contributed by atoms with Crippen molar-refractivity contribution in [1.82, 2.24) is 5.32 Å². The third kappa shape index (κ3) is 2.99. The molecule has 92 valence electrons. The van der Waals surface area contributed by atoms with Crippen LogP contribution in [-0.4, -0.2) is 25.5 Å². The summed E-state index contributed by atoms with van der Waals surface area (Å²) >= 11 is 6.02. The van der Waals surface area contributed by atoms with Crippen molar-refractivity contribution in [2.24, 2.45) is 0 Å². The molecule has 0 atom stereocenters. The maximum Gasteiger partial charge on any atom is 0.176 e. The predicted octanol–water partition coefficient (Wildman–Crippen LogP) is 2.59. The van der Waals surface area contributed by atoms with Crippen molar-refractivity contribution in [2.75, 3.05) is 13.7 Å². The minimum Gasteiger partial charge on any atom is -0.495 e. The summed E-state index contributed by atoms with van der Waals surface area (Å²) in [6.07, 6.45) is 2.35. The lowest BCUT2D eigenvalue weighted by atomic mass is 10.0. The Morgan fingerprint density at radius 3 is 2.82 bits per heavy atom. The van der Waals surface area contributed by atoms with E-state index in [2.05, 4.69) is 5.32 Å². The molecule has 1 fully saturated rings. The zero-order chi connectivity index (χ0) is 12.4. The van der Waals surface area contributed by atoms with E-state index in [-0.39, 0.29) is 5.78 Å². The molecule has 0 radical (unpaired) electrons. The molecule has 0 aromatic heterocycles. The first kappa shape index (κ1) is 12.4. The third-order valence-corrected chi connectivity index (χ3v) is 3.22. The Kier molecular flexibility index (Phi) is 3.69. The zero-order valence-electron chi connectivity index (χ0n) is 10.0. The summed E-state index contributed by atoms with van der Waals surface area (Å²) in [4.78, 5) is 12.0. The number of methoxy groups -OCH3 is 1. The minimum atomic E-state index is 0.0824. The Morgan fingerprint density at radius 2 is 2.24 bits per heavy atom. The number of Topliss-reactive ketones (excluding diaryl/α,β-unsaturated/α-hetero) is 1. The molecule has 0 unspecified atom stereocenters. The number of nitrogens with one attached hydrogen (secondary N) is 1. The number of ketones is 1. The number of carbonyl (C=O) groups excluding carboxylic acids is 1. The maximum atomic E-state index is 12.0. The van der Waals surface area contributed by atoms with Gasteiger partial charge in [0.05, 0.1) is 18.7 Å². The monoisotopic (exact) mass is 253 g/mol. The van der Waals surface area contributed by atoms with Crippen LogP contribution in [0.1, 0.15) is 28.8 Å². The Balaban J connectivity index is 2.13. The van der Waals surface area contributed by atoms with Crippen molar-refractivity contribution in [3.8, 4) is 5.75 Å². The highest BCUT2D eigenvalue weighted by Gasteiger charge is 2.22. The van der Waals surface area contributed by atoms with Crippen LogP contribution in [0, 0.1) is 6.92 Å². The zero-order valence-corrected chi connectivity index (χ0v) is 10.8. The van der Waals surface area contributed by atoms with Crippen LogP contribution in [0.25, 0.3) is 0 Å². The number of hydrogen-bond donors (Lipinski definition) is 1. The fourth-order valence-corrected chi connectivity index (χ4v) is 1.97. The van der Waals surface area contributed by atoms with Crippen molar-refractivity contribution in [3.63, 3.8) is 0 Å². The molecule has 1 aromatic carbocycles. The second kappa shape index (κ2) is 5.07. The molecule has 0 spiro atoms. The Labute approximate surface area is 106 Å². The third-order valence-electron chi connectivity index (χ3n) is 2.93. The van der Waals surface area contributed by atoms with E-state index in [9.17, 15) is 4.79 Å². The van der Waals surface area contributed by atoms with Crippen LogP contribution < -0.4 is 10.1 Å². The van der Waals surface area contributed by atoms with Gasteiger partial charge in [0.1, 0.15) is 5.75 Å². The largest absolute Gasteiger partial charge is 0.495 e. The van der Waals surface area contributed by atoms with Crippen LogP contribution in [-0.2, 0) is 0 Å². The van der Waals surface area contributed by atoms with Crippen LogP contribution in [0.5, 0.6) is 5.75 Å². The van der Waals surface area contributed by atoms with Gasteiger partial charge in [-0.25, -0.2) is 0 Å². The van der Waals surface area contributed by atoms with E-state index in [1.807, 2.05) is 6.92 Å². The molecule has 1 aliphatic rings. The number of carbonyl (C=O) groups is 1. The average molecular weight is 254 g/mol. The van der Waals surface area contributed by atoms with E-state index >= 15 is 0 Å². The van der Waals surface area contributed by atoms with Gasteiger partial charge in [-0.05, 0) is 37.5 Å². The molecule has 0 amide bonds. The van der Waals surface area contributed by atoms with E-state index in [1.165, 1.54) is 12.8 Å². The molecule has 1 saturated carbocycles. The molecule has 0 heterocycles. The summed E-state index contributed by atoms with van der Waals surface area (Å²) in [7, 11) is 1.57. The van der Waals surface area contributed by atoms with Gasteiger partial charge in [0.15, 0.2) is 5.78 Å². The second-order valence-electron chi connectivity index (χ2n) is 4.38. The molecule has 3 nitrogen and oxygen atoms in total. The lowest BCUT2D eigenvalue weighted by molar-refractivity contribution is 0.0990. The minimum absolute atomic E-state index is 0.0824. The molecular weight excluding hydrogens is 238 g/mol. The van der Waals surface area contributed by atoms with Crippen LogP contribution in [0.2, 0.25) is 5.02 Å². The fourth-order valence-electron chi connectivity index (χ4n) is 1.73. The lowest BCUT2D eigenvalue weighted by Gasteiger charge is -2.09. The number of halogens is 1. The van der Waals surface area contributed by atoms with Gasteiger partial charge in [-0.3, -0.25) is 4.79 Å². The van der Waals surface area contributed by atoms with E-state index in [1.54, 1.807) is 19.2 Å². The van der Waals surface area contributed by atoms with E-state index in [0.717, 1.165) is 5.56 Å². The quantitative estimate of drug-likeness (QED) is 0.820. The SMILES string of the molecule is COc1cc(C)c(C(=O)CNC2CC2)cc1Cl. The summed E-state index contributed by atoms with van der Waals surface area (Å²) < 4.78 is 5.11. The number of ether oxygens (including phenoxy) is 1. The van der Waals surface area contributed by atoms with Gasteiger partial charge in [-0.2, -0.15) is 0 Å². The Bertz CT molecular complexity index is 441. The van der Waals surface area contributed by atoms with E-state index in [0.29, 0.717) is 28.9 Å². The van der Waals surface area contributed by atoms with Gasteiger partial charge in [0.25, 0.3) is 0 Å². The van der Waals surface area contributed by atoms with Gasteiger partial charge in [-0.15, -0.1) is 0 Å². The van der Waals surface area contributed by atoms with Crippen molar-refractivity contribution in [1.29, 1.82) is 0 Å². The first-order chi connectivity index (χ1) is 8.11. The van der Waals surface area contributed by atoms with Crippen LogP contribution in [0.4, 0.5) is 0 Å². The molecule has 1 aliphatic carbocycles. The topological polar surface area (TPSA) is 38.3 Å². The number of aryl methyl sites for hydroxylation is 1. The summed E-state index contributed by atoms with van der Waals surface area (Å²) in [5, 5.41) is 3.69. The van der Waals surface area contributed by atoms with Gasteiger partial charge in [0.2, 0.25) is 0 Å². The van der Waals surface area contributed by atoms with Gasteiger partial charge in [0, 0.05) is 11.6 Å². The van der Waals surface area contributed by atoms with Crippen molar-refractivity contribution < 1.29 is 9.53 Å². The highest BCUT2D eigenvalue weighted by molar-refractivity contribution is 6.32. The van der Waals surface area contributed by atoms with E-state index < -0.39 is 0 Å². The van der Waals surface area contributed by atoms with Crippen LogP contribution >= 0.6 is 11.6 Å². The highest BCUT2D eigenvalue weighted by Crippen LogP contribution is 2.28.